The summed E-state index contributed by atoms with van der Waals surface area (Å²) in [6.07, 6.45) is 4.21. The van der Waals surface area contributed by atoms with Gasteiger partial charge in [0.05, 0.1) is 38.9 Å². The van der Waals surface area contributed by atoms with Crippen molar-refractivity contribution in [1.29, 1.82) is 0 Å². The van der Waals surface area contributed by atoms with Gasteiger partial charge in [0.25, 0.3) is 0 Å². The maximum atomic E-state index is 14.9. The lowest BCUT2D eigenvalue weighted by Gasteiger charge is -2.27. The van der Waals surface area contributed by atoms with Crippen molar-refractivity contribution in [2.45, 2.75) is 88.6 Å². The van der Waals surface area contributed by atoms with E-state index in [1.807, 2.05) is 0 Å². The van der Waals surface area contributed by atoms with Crippen LogP contribution >= 0.6 is 0 Å². The number of ether oxygens (including phenoxy) is 3. The molecule has 2 aliphatic heterocycles. The number of Topliss-reactive ketones (excluding diaryl/α,β-unsaturated/α-hetero) is 1. The number of nitrogens with one attached hydrogen (secondary N) is 4. The molecule has 0 bridgehead atoms. The maximum absolute atomic E-state index is 14.9. The first-order valence-electron chi connectivity index (χ1n) is 14.8. The Hall–Kier alpha value is -3.09. The van der Waals surface area contributed by atoms with Crippen molar-refractivity contribution in [3.05, 3.63) is 29.6 Å². The van der Waals surface area contributed by atoms with Crippen LogP contribution in [-0.4, -0.2) is 86.7 Å². The lowest BCUT2D eigenvalue weighted by molar-refractivity contribution is -0.134. The molecule has 0 aromatic heterocycles. The third kappa shape index (κ3) is 8.71. The average Bonchev–Trinajstić information content (AvgIpc) is 3.51. The molecule has 0 radical (unpaired) electrons. The largest absolute Gasteiger partial charge is 0.497 e. The fourth-order valence-corrected chi connectivity index (χ4v) is 5.57. The van der Waals surface area contributed by atoms with Crippen LogP contribution in [0.1, 0.15) is 57.9 Å². The van der Waals surface area contributed by atoms with Crippen molar-refractivity contribution in [1.82, 2.24) is 21.3 Å². The molecular formula is C30H43FN4O7. The van der Waals surface area contributed by atoms with E-state index in [4.69, 9.17) is 14.2 Å². The van der Waals surface area contributed by atoms with Gasteiger partial charge >= 0.3 is 0 Å². The number of benzene rings is 1. The van der Waals surface area contributed by atoms with Crippen LogP contribution in [0.4, 0.5) is 4.39 Å². The number of rotatable bonds is 14. The molecule has 2 heterocycles. The molecule has 11 nitrogen and oxygen atoms in total. The summed E-state index contributed by atoms with van der Waals surface area (Å²) in [7, 11) is 1.42. The van der Waals surface area contributed by atoms with Gasteiger partial charge in [0.2, 0.25) is 17.7 Å². The fourth-order valence-electron chi connectivity index (χ4n) is 5.57. The van der Waals surface area contributed by atoms with Gasteiger partial charge in [-0.1, -0.05) is 31.7 Å². The topological polar surface area (TPSA) is 147 Å². The Morgan fingerprint density at radius 3 is 2.45 bits per heavy atom. The van der Waals surface area contributed by atoms with E-state index in [1.165, 1.54) is 26.2 Å². The Morgan fingerprint density at radius 2 is 1.83 bits per heavy atom. The predicted molar refractivity (Wildman–Crippen MR) is 151 cm³/mol. The van der Waals surface area contributed by atoms with Crippen molar-refractivity contribution in [2.75, 3.05) is 33.4 Å². The van der Waals surface area contributed by atoms with Crippen LogP contribution < -0.4 is 26.0 Å². The molecule has 2 saturated heterocycles. The number of carbonyl (C=O) groups excluding carboxylic acids is 4. The Morgan fingerprint density at radius 1 is 1.12 bits per heavy atom. The molecule has 3 amide bonds. The summed E-state index contributed by atoms with van der Waals surface area (Å²) in [5.74, 6) is -1.78. The smallest absolute Gasteiger partial charge is 0.243 e. The first kappa shape index (κ1) is 31.8. The molecule has 12 heteroatoms. The number of carbonyl (C=O) groups is 4. The zero-order valence-corrected chi connectivity index (χ0v) is 24.6. The zero-order chi connectivity index (χ0) is 30.3. The predicted octanol–water partition coefficient (Wildman–Crippen LogP) is 1.17. The van der Waals surface area contributed by atoms with E-state index in [9.17, 15) is 23.6 Å². The molecule has 3 aliphatic rings. The second-order valence-electron chi connectivity index (χ2n) is 11.7. The molecule has 5 atom stereocenters. The number of amides is 3. The van der Waals surface area contributed by atoms with E-state index < -0.39 is 41.4 Å². The Balaban J connectivity index is 1.46. The molecule has 1 saturated carbocycles. The van der Waals surface area contributed by atoms with Crippen molar-refractivity contribution >= 4 is 23.5 Å². The molecule has 1 aromatic rings. The Labute approximate surface area is 246 Å². The summed E-state index contributed by atoms with van der Waals surface area (Å²) < 4.78 is 30.9. The second-order valence-corrected chi connectivity index (χ2v) is 11.7. The number of ketones is 1. The highest BCUT2D eigenvalue weighted by Gasteiger charge is 2.50. The number of hydrogen-bond acceptors (Lipinski definition) is 8. The van der Waals surface area contributed by atoms with E-state index in [0.29, 0.717) is 44.4 Å². The lowest BCUT2D eigenvalue weighted by atomic mass is 9.90. The van der Waals surface area contributed by atoms with Gasteiger partial charge in [0, 0.05) is 25.6 Å². The minimum absolute atomic E-state index is 0.0807. The van der Waals surface area contributed by atoms with Gasteiger partial charge in [0.1, 0.15) is 29.3 Å². The summed E-state index contributed by atoms with van der Waals surface area (Å²) in [4.78, 5) is 52.7. The summed E-state index contributed by atoms with van der Waals surface area (Å²) in [5.41, 5.74) is -0.751. The van der Waals surface area contributed by atoms with Crippen LogP contribution in [-0.2, 0) is 35.1 Å². The quantitative estimate of drug-likeness (QED) is 0.236. The standard InChI is InChI=1S/C30H43FN4O7/c1-18(33-26(36)15-22-16-32-10-11-41-22)28(38)35-25(13-20-8-9-21(40-3)14-23(20)31)29(39)34-24(12-19-6-4-5-7-19)27(37)30(2)17-42-30/h8-9,14,18-19,22,24-25,32H,4-7,10-13,15-17H2,1-3H3,(H,33,36)(H,34,39)(H,35,38)/t18-,22?,24-,25-,30+/m0/s1. The fraction of sp³-hybridized carbons (Fsp3) is 0.667. The van der Waals surface area contributed by atoms with Gasteiger partial charge in [0.15, 0.2) is 5.78 Å². The molecule has 232 valence electrons. The second kappa shape index (κ2) is 14.4. The lowest BCUT2D eigenvalue weighted by Crippen LogP contribution is -2.57. The van der Waals surface area contributed by atoms with E-state index in [-0.39, 0.29) is 36.2 Å². The van der Waals surface area contributed by atoms with Crippen LogP contribution in [0.5, 0.6) is 5.75 Å². The van der Waals surface area contributed by atoms with Crippen molar-refractivity contribution < 1.29 is 37.8 Å². The molecular weight excluding hydrogens is 547 g/mol. The van der Waals surface area contributed by atoms with Crippen LogP contribution in [0.25, 0.3) is 0 Å². The van der Waals surface area contributed by atoms with E-state index in [2.05, 4.69) is 21.3 Å². The van der Waals surface area contributed by atoms with E-state index in [0.717, 1.165) is 25.7 Å². The number of hydrogen-bond donors (Lipinski definition) is 4. The minimum Gasteiger partial charge on any atom is -0.497 e. The third-order valence-electron chi connectivity index (χ3n) is 8.28. The number of epoxide rings is 1. The molecule has 1 aliphatic carbocycles. The highest BCUT2D eigenvalue weighted by molar-refractivity contribution is 5.98. The highest BCUT2D eigenvalue weighted by Crippen LogP contribution is 2.33. The summed E-state index contributed by atoms with van der Waals surface area (Å²) in [5, 5.41) is 11.3. The van der Waals surface area contributed by atoms with Gasteiger partial charge in [-0.25, -0.2) is 4.39 Å². The number of halogens is 1. The first-order valence-corrected chi connectivity index (χ1v) is 14.8. The van der Waals surface area contributed by atoms with Gasteiger partial charge in [-0.3, -0.25) is 19.2 Å². The van der Waals surface area contributed by atoms with Crippen LogP contribution in [0, 0.1) is 11.7 Å². The first-order chi connectivity index (χ1) is 20.1. The van der Waals surface area contributed by atoms with Gasteiger partial charge in [-0.2, -0.15) is 0 Å². The summed E-state index contributed by atoms with van der Waals surface area (Å²) in [6, 6.07) is 1.28. The monoisotopic (exact) mass is 590 g/mol. The number of methoxy groups -OCH3 is 1. The molecule has 0 spiro atoms. The van der Waals surface area contributed by atoms with Gasteiger partial charge in [-0.05, 0) is 37.8 Å². The van der Waals surface area contributed by atoms with Gasteiger partial charge < -0.3 is 35.5 Å². The zero-order valence-electron chi connectivity index (χ0n) is 24.6. The van der Waals surface area contributed by atoms with Crippen LogP contribution in [0.15, 0.2) is 18.2 Å². The van der Waals surface area contributed by atoms with E-state index >= 15 is 0 Å². The molecule has 4 N–H and O–H groups in total. The van der Waals surface area contributed by atoms with Crippen LogP contribution in [0.3, 0.4) is 0 Å². The van der Waals surface area contributed by atoms with Crippen molar-refractivity contribution in [2.24, 2.45) is 5.92 Å². The Kier molecular flexibility index (Phi) is 10.9. The van der Waals surface area contributed by atoms with Gasteiger partial charge in [-0.15, -0.1) is 0 Å². The molecule has 3 fully saturated rings. The van der Waals surface area contributed by atoms with E-state index in [1.54, 1.807) is 13.0 Å². The molecule has 42 heavy (non-hydrogen) atoms. The average molecular weight is 591 g/mol. The van der Waals surface area contributed by atoms with Crippen molar-refractivity contribution in [3.8, 4) is 5.75 Å². The molecule has 1 unspecified atom stereocenters. The summed E-state index contributed by atoms with van der Waals surface area (Å²) >= 11 is 0. The highest BCUT2D eigenvalue weighted by atomic mass is 19.1. The maximum Gasteiger partial charge on any atom is 0.243 e. The number of morpholine rings is 1. The summed E-state index contributed by atoms with van der Waals surface area (Å²) in [6.45, 7) is 5.26. The van der Waals surface area contributed by atoms with Crippen LogP contribution in [0.2, 0.25) is 0 Å². The molecule has 1 aromatic carbocycles. The SMILES string of the molecule is COc1ccc(C[C@H](NC(=O)[C@H](C)NC(=O)CC2CNCCO2)C(=O)N[C@@H](CC2CCCC2)C(=O)[C@@]2(C)CO2)c(F)c1. The Bertz CT molecular complexity index is 1130. The minimum atomic E-state index is -1.21. The van der Waals surface area contributed by atoms with Crippen molar-refractivity contribution in [3.63, 3.8) is 0 Å². The molecule has 4 rings (SSSR count). The normalized spacial score (nSPS) is 24.2. The third-order valence-corrected chi connectivity index (χ3v) is 8.28.